The smallest absolute Gasteiger partial charge is 0.317 e. The number of carbonyl (C=O) groups excluding carboxylic acids is 1. The van der Waals surface area contributed by atoms with Gasteiger partial charge in [0.05, 0.1) is 5.41 Å². The number of carboxylic acid groups (broad SMARTS) is 1. The number of likely N-dealkylation sites (tertiary alicyclic amines) is 1. The quantitative estimate of drug-likeness (QED) is 0.818. The maximum Gasteiger partial charge on any atom is 0.317 e. The number of amides is 2. The van der Waals surface area contributed by atoms with Crippen molar-refractivity contribution in [3.8, 4) is 0 Å². The molecule has 2 amide bonds. The number of hydrogen-bond donors (Lipinski definition) is 2. The van der Waals surface area contributed by atoms with E-state index in [0.717, 1.165) is 12.5 Å². The predicted octanol–water partition coefficient (Wildman–Crippen LogP) is 2.46. The second-order valence-corrected chi connectivity index (χ2v) is 7.22. The van der Waals surface area contributed by atoms with Crippen LogP contribution in [-0.4, -0.2) is 41.6 Å². The lowest BCUT2D eigenvalue weighted by atomic mass is 9.76. The maximum atomic E-state index is 12.3. The summed E-state index contributed by atoms with van der Waals surface area (Å²) in [6.07, 6.45) is 6.96. The van der Waals surface area contributed by atoms with Crippen molar-refractivity contribution in [1.29, 1.82) is 0 Å². The van der Waals surface area contributed by atoms with Gasteiger partial charge >= 0.3 is 12.0 Å². The van der Waals surface area contributed by atoms with Crippen molar-refractivity contribution in [2.24, 2.45) is 16.7 Å². The average Bonchev–Trinajstić information content (AvgIpc) is 3.37. The molecular formula is C16H26N2O3. The van der Waals surface area contributed by atoms with E-state index in [1.807, 2.05) is 6.92 Å². The van der Waals surface area contributed by atoms with Crippen molar-refractivity contribution in [2.45, 2.75) is 51.9 Å². The number of aliphatic carboxylic acids is 1. The Morgan fingerprint density at radius 1 is 1.19 bits per heavy atom. The summed E-state index contributed by atoms with van der Waals surface area (Å²) in [6.45, 7) is 3.85. The highest BCUT2D eigenvalue weighted by atomic mass is 16.4. The Hall–Kier alpha value is -1.26. The number of rotatable bonds is 5. The number of carbonyl (C=O) groups is 2. The minimum Gasteiger partial charge on any atom is -0.481 e. The minimum absolute atomic E-state index is 0.00276. The molecule has 2 N–H and O–H groups in total. The van der Waals surface area contributed by atoms with Gasteiger partial charge in [0, 0.05) is 19.6 Å². The summed E-state index contributed by atoms with van der Waals surface area (Å²) in [5, 5.41) is 12.5. The molecule has 1 aliphatic heterocycles. The fourth-order valence-corrected chi connectivity index (χ4v) is 3.81. The Morgan fingerprint density at radius 2 is 1.81 bits per heavy atom. The summed E-state index contributed by atoms with van der Waals surface area (Å²) < 4.78 is 0. The molecular weight excluding hydrogens is 268 g/mol. The Kier molecular flexibility index (Phi) is 3.62. The monoisotopic (exact) mass is 294 g/mol. The number of nitrogens with zero attached hydrogens (tertiary/aromatic N) is 1. The van der Waals surface area contributed by atoms with E-state index in [2.05, 4.69) is 5.32 Å². The first-order valence-electron chi connectivity index (χ1n) is 8.28. The average molecular weight is 294 g/mol. The van der Waals surface area contributed by atoms with Crippen LogP contribution in [0, 0.1) is 16.7 Å². The van der Waals surface area contributed by atoms with Crippen LogP contribution in [0.2, 0.25) is 0 Å². The molecule has 0 atom stereocenters. The van der Waals surface area contributed by atoms with E-state index >= 15 is 0 Å². The molecule has 1 heterocycles. The van der Waals surface area contributed by atoms with Gasteiger partial charge in [-0.3, -0.25) is 4.79 Å². The largest absolute Gasteiger partial charge is 0.481 e. The minimum atomic E-state index is -0.712. The van der Waals surface area contributed by atoms with Crippen molar-refractivity contribution >= 4 is 12.0 Å². The van der Waals surface area contributed by atoms with E-state index in [1.165, 1.54) is 25.7 Å². The molecule has 0 aromatic rings. The third-order valence-electron chi connectivity index (χ3n) is 6.07. The van der Waals surface area contributed by atoms with Crippen LogP contribution in [0.25, 0.3) is 0 Å². The van der Waals surface area contributed by atoms with Crippen LogP contribution in [-0.2, 0) is 4.79 Å². The van der Waals surface area contributed by atoms with Gasteiger partial charge in [-0.2, -0.15) is 0 Å². The molecule has 5 heteroatoms. The standard InChI is InChI=1S/C16H26N2O3/c1-2-15(13(19)20)7-9-18(10-8-15)14(21)17-11-16(5-6-16)12-3-4-12/h12H,2-11H2,1H3,(H,17,21)(H,19,20). The number of urea groups is 1. The third kappa shape index (κ3) is 2.74. The third-order valence-corrected chi connectivity index (χ3v) is 6.07. The lowest BCUT2D eigenvalue weighted by Crippen LogP contribution is -2.50. The highest BCUT2D eigenvalue weighted by Crippen LogP contribution is 2.60. The Balaban J connectivity index is 1.47. The van der Waals surface area contributed by atoms with Gasteiger partial charge in [-0.15, -0.1) is 0 Å². The van der Waals surface area contributed by atoms with Gasteiger partial charge in [-0.1, -0.05) is 6.92 Å². The fourth-order valence-electron chi connectivity index (χ4n) is 3.81. The first-order chi connectivity index (χ1) is 10.0. The summed E-state index contributed by atoms with van der Waals surface area (Å²) in [5.41, 5.74) is -0.206. The van der Waals surface area contributed by atoms with Crippen molar-refractivity contribution in [1.82, 2.24) is 10.2 Å². The van der Waals surface area contributed by atoms with Crippen LogP contribution in [0.4, 0.5) is 4.79 Å². The molecule has 0 aromatic carbocycles. The van der Waals surface area contributed by atoms with E-state index in [9.17, 15) is 14.7 Å². The van der Waals surface area contributed by atoms with E-state index in [-0.39, 0.29) is 6.03 Å². The van der Waals surface area contributed by atoms with E-state index in [4.69, 9.17) is 0 Å². The van der Waals surface area contributed by atoms with Gasteiger partial charge in [0.2, 0.25) is 0 Å². The van der Waals surface area contributed by atoms with Gasteiger partial charge in [-0.25, -0.2) is 4.79 Å². The molecule has 0 radical (unpaired) electrons. The van der Waals surface area contributed by atoms with E-state index in [0.29, 0.717) is 37.8 Å². The Labute approximate surface area is 126 Å². The van der Waals surface area contributed by atoms with Gasteiger partial charge in [0.25, 0.3) is 0 Å². The van der Waals surface area contributed by atoms with Crippen LogP contribution in [0.1, 0.15) is 51.9 Å². The Bertz CT molecular complexity index is 433. The molecule has 3 rings (SSSR count). The summed E-state index contributed by atoms with van der Waals surface area (Å²) in [7, 11) is 0. The topological polar surface area (TPSA) is 69.6 Å². The summed E-state index contributed by atoms with van der Waals surface area (Å²) in [5.74, 6) is 0.134. The van der Waals surface area contributed by atoms with Crippen LogP contribution in [0.3, 0.4) is 0 Å². The zero-order valence-corrected chi connectivity index (χ0v) is 12.9. The van der Waals surface area contributed by atoms with Gasteiger partial charge < -0.3 is 15.3 Å². The molecule has 3 aliphatic rings. The van der Waals surface area contributed by atoms with Crippen LogP contribution >= 0.6 is 0 Å². The zero-order valence-electron chi connectivity index (χ0n) is 12.9. The van der Waals surface area contributed by atoms with Crippen molar-refractivity contribution in [3.05, 3.63) is 0 Å². The van der Waals surface area contributed by atoms with Gasteiger partial charge in [0.15, 0.2) is 0 Å². The SMILES string of the molecule is CCC1(C(=O)O)CCN(C(=O)NCC2(C3CC3)CC2)CC1. The first-order valence-corrected chi connectivity index (χ1v) is 8.28. The molecule has 3 fully saturated rings. The van der Waals surface area contributed by atoms with Crippen molar-refractivity contribution < 1.29 is 14.7 Å². The van der Waals surface area contributed by atoms with E-state index < -0.39 is 11.4 Å². The van der Waals surface area contributed by atoms with Gasteiger partial charge in [-0.05, 0) is 56.3 Å². The van der Waals surface area contributed by atoms with Crippen LogP contribution < -0.4 is 5.32 Å². The molecule has 0 bridgehead atoms. The second-order valence-electron chi connectivity index (χ2n) is 7.22. The number of carboxylic acids is 1. The van der Waals surface area contributed by atoms with Gasteiger partial charge in [0.1, 0.15) is 0 Å². The lowest BCUT2D eigenvalue weighted by Gasteiger charge is -2.38. The summed E-state index contributed by atoms with van der Waals surface area (Å²) >= 11 is 0. The zero-order chi connectivity index (χ0) is 15.1. The molecule has 2 saturated carbocycles. The highest BCUT2D eigenvalue weighted by Gasteiger charge is 2.53. The number of piperidine rings is 1. The van der Waals surface area contributed by atoms with Crippen LogP contribution in [0.15, 0.2) is 0 Å². The predicted molar refractivity (Wildman–Crippen MR) is 79.0 cm³/mol. The first kappa shape index (κ1) is 14.7. The molecule has 118 valence electrons. The second kappa shape index (κ2) is 5.18. The normalized spacial score (nSPS) is 26.2. The highest BCUT2D eigenvalue weighted by molar-refractivity contribution is 5.77. The number of nitrogens with one attached hydrogen (secondary N) is 1. The molecule has 2 aliphatic carbocycles. The molecule has 5 nitrogen and oxygen atoms in total. The summed E-state index contributed by atoms with van der Waals surface area (Å²) in [4.78, 5) is 25.5. The maximum absolute atomic E-state index is 12.3. The lowest BCUT2D eigenvalue weighted by molar-refractivity contribution is -0.151. The molecule has 21 heavy (non-hydrogen) atoms. The van der Waals surface area contributed by atoms with Crippen molar-refractivity contribution in [3.63, 3.8) is 0 Å². The Morgan fingerprint density at radius 3 is 2.24 bits per heavy atom. The molecule has 0 aromatic heterocycles. The number of hydrogen-bond acceptors (Lipinski definition) is 2. The summed E-state index contributed by atoms with van der Waals surface area (Å²) in [6, 6.07) is -0.00276. The van der Waals surface area contributed by atoms with E-state index in [1.54, 1.807) is 4.90 Å². The van der Waals surface area contributed by atoms with Crippen LogP contribution in [0.5, 0.6) is 0 Å². The molecule has 1 saturated heterocycles. The molecule has 0 unspecified atom stereocenters. The fraction of sp³-hybridized carbons (Fsp3) is 0.875. The molecule has 0 spiro atoms. The van der Waals surface area contributed by atoms with Crippen molar-refractivity contribution in [2.75, 3.05) is 19.6 Å².